The van der Waals surface area contributed by atoms with Gasteiger partial charge < -0.3 is 18.9 Å². The number of ether oxygens (including phenoxy) is 4. The third-order valence-electron chi connectivity index (χ3n) is 4.24. The molecule has 1 aliphatic rings. The second kappa shape index (κ2) is 7.28. The van der Waals surface area contributed by atoms with Gasteiger partial charge in [-0.3, -0.25) is 0 Å². The van der Waals surface area contributed by atoms with Crippen LogP contribution >= 0.6 is 11.3 Å². The maximum absolute atomic E-state index is 5.84. The van der Waals surface area contributed by atoms with Gasteiger partial charge in [0.25, 0.3) is 0 Å². The highest BCUT2D eigenvalue weighted by atomic mass is 32.1. The van der Waals surface area contributed by atoms with Gasteiger partial charge in [0.05, 0.1) is 31.9 Å². The zero-order chi connectivity index (χ0) is 18.8. The summed E-state index contributed by atoms with van der Waals surface area (Å²) in [5.74, 6) is 2.84. The van der Waals surface area contributed by atoms with Gasteiger partial charge in [-0.1, -0.05) is 17.4 Å². The van der Waals surface area contributed by atoms with Crippen LogP contribution in [0.4, 0.5) is 5.13 Å². The van der Waals surface area contributed by atoms with E-state index >= 15 is 0 Å². The summed E-state index contributed by atoms with van der Waals surface area (Å²) in [6, 6.07) is 11.4. The van der Waals surface area contributed by atoms with Crippen LogP contribution in [0.1, 0.15) is 10.4 Å². The Kier molecular flexibility index (Phi) is 4.68. The number of hydrogen-bond donors (Lipinski definition) is 0. The lowest BCUT2D eigenvalue weighted by Gasteiger charge is -2.16. The van der Waals surface area contributed by atoms with Crippen LogP contribution in [0.5, 0.6) is 23.0 Å². The Morgan fingerprint density at radius 3 is 2.78 bits per heavy atom. The maximum Gasteiger partial charge on any atom is 0.210 e. The summed E-state index contributed by atoms with van der Waals surface area (Å²) in [5.41, 5.74) is 2.69. The Bertz CT molecular complexity index is 1010. The minimum absolute atomic E-state index is 0.477. The highest BCUT2D eigenvalue weighted by Crippen LogP contribution is 2.43. The topological polar surface area (TPSA) is 62.2 Å². The van der Waals surface area contributed by atoms with Crippen LogP contribution in [0.15, 0.2) is 41.4 Å². The molecule has 0 N–H and O–H groups in total. The Morgan fingerprint density at radius 1 is 1.11 bits per heavy atom. The molecule has 0 fully saturated rings. The van der Waals surface area contributed by atoms with E-state index in [4.69, 9.17) is 18.9 Å². The van der Waals surface area contributed by atoms with Crippen molar-refractivity contribution in [3.05, 3.63) is 46.8 Å². The predicted octanol–water partition coefficient (Wildman–Crippen LogP) is 4.48. The van der Waals surface area contributed by atoms with Gasteiger partial charge in [0, 0.05) is 23.4 Å². The smallest absolute Gasteiger partial charge is 0.210 e. The van der Waals surface area contributed by atoms with Crippen LogP contribution in [-0.4, -0.2) is 32.5 Å². The molecule has 1 aromatic heterocycles. The molecule has 7 heteroatoms. The Morgan fingerprint density at radius 2 is 2.00 bits per heavy atom. The van der Waals surface area contributed by atoms with Crippen LogP contribution < -0.4 is 18.9 Å². The first kappa shape index (κ1) is 17.4. The lowest BCUT2D eigenvalue weighted by Crippen LogP contribution is -2.03. The number of hydrogen-bond acceptors (Lipinski definition) is 7. The molecule has 1 aliphatic heterocycles. The second-order valence-corrected chi connectivity index (χ2v) is 6.82. The molecule has 4 rings (SSSR count). The second-order valence-electron chi connectivity index (χ2n) is 5.76. The third-order valence-corrected chi connectivity index (χ3v) is 5.17. The highest BCUT2D eigenvalue weighted by molar-refractivity contribution is 7.15. The van der Waals surface area contributed by atoms with E-state index in [0.717, 1.165) is 33.2 Å². The lowest BCUT2D eigenvalue weighted by atomic mass is 10.1. The molecule has 0 saturated heterocycles. The largest absolute Gasteiger partial charge is 0.497 e. The van der Waals surface area contributed by atoms with Crippen molar-refractivity contribution in [2.45, 2.75) is 6.61 Å². The summed E-state index contributed by atoms with van der Waals surface area (Å²) in [4.78, 5) is 10.3. The summed E-state index contributed by atoms with van der Waals surface area (Å²) in [7, 11) is 4.86. The van der Waals surface area contributed by atoms with E-state index in [1.807, 2.05) is 36.4 Å². The molecule has 0 radical (unpaired) electrons. The monoisotopic (exact) mass is 382 g/mol. The molecule has 0 amide bonds. The highest BCUT2D eigenvalue weighted by Gasteiger charge is 2.22. The molecule has 6 nitrogen and oxygen atoms in total. The lowest BCUT2D eigenvalue weighted by molar-refractivity contribution is 0.303. The van der Waals surface area contributed by atoms with Crippen LogP contribution in [0.25, 0.3) is 11.3 Å². The fourth-order valence-corrected chi connectivity index (χ4v) is 3.76. The van der Waals surface area contributed by atoms with Crippen LogP contribution in [0.3, 0.4) is 0 Å². The summed E-state index contributed by atoms with van der Waals surface area (Å²) in [6.45, 7) is 0.477. The number of aromatic nitrogens is 1. The molecule has 0 atom stereocenters. The number of methoxy groups -OCH3 is 3. The first-order valence-corrected chi connectivity index (χ1v) is 9.11. The van der Waals surface area contributed by atoms with E-state index in [1.54, 1.807) is 27.5 Å². The number of nitrogens with zero attached hydrogens (tertiary/aromatic N) is 2. The predicted molar refractivity (Wildman–Crippen MR) is 105 cm³/mol. The van der Waals surface area contributed by atoms with E-state index in [9.17, 15) is 0 Å². The molecule has 138 valence electrons. The van der Waals surface area contributed by atoms with Crippen molar-refractivity contribution in [3.8, 4) is 34.3 Å². The summed E-state index contributed by atoms with van der Waals surface area (Å²) >= 11 is 1.51. The number of para-hydroxylation sites is 1. The molecular formula is C20H18N2O4S. The number of thiazole rings is 1. The first-order valence-electron chi connectivity index (χ1n) is 8.29. The van der Waals surface area contributed by atoms with Crippen molar-refractivity contribution in [2.24, 2.45) is 4.99 Å². The summed E-state index contributed by atoms with van der Waals surface area (Å²) in [6.07, 6.45) is 1.74. The van der Waals surface area contributed by atoms with E-state index in [-0.39, 0.29) is 0 Å². The Labute approximate surface area is 161 Å². The molecule has 0 unspecified atom stereocenters. The number of rotatable bonds is 5. The van der Waals surface area contributed by atoms with Gasteiger partial charge in [0.2, 0.25) is 5.13 Å². The summed E-state index contributed by atoms with van der Waals surface area (Å²) in [5, 5.41) is 0.664. The van der Waals surface area contributed by atoms with Gasteiger partial charge >= 0.3 is 0 Å². The fraction of sp³-hybridized carbons (Fsp3) is 0.200. The standard InChI is InChI=1S/C20H18N2O4S/c1-23-13-7-8-14-16(9-13)26-11-17-18(14)22-20(27-17)21-10-12-5-4-6-15(24-2)19(12)25-3/h4-10H,11H2,1-3H3. The van der Waals surface area contributed by atoms with Crippen molar-refractivity contribution in [3.63, 3.8) is 0 Å². The zero-order valence-corrected chi connectivity index (χ0v) is 16.0. The molecule has 3 aromatic rings. The Hall–Kier alpha value is -3.06. The minimum Gasteiger partial charge on any atom is -0.497 e. The average Bonchev–Trinajstić information content (AvgIpc) is 3.14. The zero-order valence-electron chi connectivity index (χ0n) is 15.2. The molecular weight excluding hydrogens is 364 g/mol. The van der Waals surface area contributed by atoms with Gasteiger partial charge in [-0.15, -0.1) is 0 Å². The third kappa shape index (κ3) is 3.21. The minimum atomic E-state index is 0.477. The van der Waals surface area contributed by atoms with E-state index < -0.39 is 0 Å². The SMILES string of the molecule is COc1ccc2c(c1)OCc1sc(N=Cc3cccc(OC)c3OC)nc1-2. The van der Waals surface area contributed by atoms with Gasteiger partial charge in [-0.25, -0.2) is 9.98 Å². The van der Waals surface area contributed by atoms with Gasteiger partial charge in [-0.2, -0.15) is 0 Å². The maximum atomic E-state index is 5.84. The number of aliphatic imine (C=N–C) groups is 1. The van der Waals surface area contributed by atoms with Crippen LogP contribution in [0.2, 0.25) is 0 Å². The van der Waals surface area contributed by atoms with Crippen molar-refractivity contribution < 1.29 is 18.9 Å². The molecule has 27 heavy (non-hydrogen) atoms. The van der Waals surface area contributed by atoms with E-state index in [1.165, 1.54) is 11.3 Å². The van der Waals surface area contributed by atoms with E-state index in [0.29, 0.717) is 23.2 Å². The normalized spacial score (nSPS) is 12.3. The van der Waals surface area contributed by atoms with Crippen LogP contribution in [-0.2, 0) is 6.61 Å². The number of benzene rings is 2. The Balaban J connectivity index is 1.66. The van der Waals surface area contributed by atoms with Crippen molar-refractivity contribution in [1.82, 2.24) is 4.98 Å². The number of fused-ring (bicyclic) bond motifs is 3. The van der Waals surface area contributed by atoms with Gasteiger partial charge in [-0.05, 0) is 24.3 Å². The molecule has 0 aliphatic carbocycles. The molecule has 2 heterocycles. The van der Waals surface area contributed by atoms with Gasteiger partial charge in [0.15, 0.2) is 11.5 Å². The molecule has 0 saturated carbocycles. The van der Waals surface area contributed by atoms with Crippen molar-refractivity contribution in [2.75, 3.05) is 21.3 Å². The molecule has 2 aromatic carbocycles. The fourth-order valence-electron chi connectivity index (χ4n) is 2.93. The first-order chi connectivity index (χ1) is 13.2. The van der Waals surface area contributed by atoms with Crippen molar-refractivity contribution in [1.29, 1.82) is 0 Å². The summed E-state index contributed by atoms with van der Waals surface area (Å²) < 4.78 is 21.9. The van der Waals surface area contributed by atoms with Crippen LogP contribution in [0, 0.1) is 0 Å². The van der Waals surface area contributed by atoms with Gasteiger partial charge in [0.1, 0.15) is 18.1 Å². The van der Waals surface area contributed by atoms with E-state index in [2.05, 4.69) is 9.98 Å². The molecule has 0 bridgehead atoms. The average molecular weight is 382 g/mol. The van der Waals surface area contributed by atoms with Crippen molar-refractivity contribution >= 4 is 22.7 Å². The molecule has 0 spiro atoms. The quantitative estimate of drug-likeness (QED) is 0.609.